The molecule has 1 unspecified atom stereocenters. The van der Waals surface area contributed by atoms with Crippen LogP contribution in [0.2, 0.25) is 0 Å². The second-order valence-corrected chi connectivity index (χ2v) is 5.49. The molecule has 2 rings (SSSR count). The second-order valence-electron chi connectivity index (χ2n) is 5.49. The summed E-state index contributed by atoms with van der Waals surface area (Å²) in [5.41, 5.74) is 8.15. The molecular formula is C14H24N4O2. The first-order valence-corrected chi connectivity index (χ1v) is 7.24. The number of amides is 1. The average molecular weight is 280 g/mol. The number of aliphatic hydroxyl groups excluding tert-OH is 1. The zero-order valence-corrected chi connectivity index (χ0v) is 12.3. The minimum Gasteiger partial charge on any atom is -0.396 e. The molecule has 6 nitrogen and oxygen atoms in total. The molecule has 0 spiro atoms. The highest BCUT2D eigenvalue weighted by Crippen LogP contribution is 2.21. The lowest BCUT2D eigenvalue weighted by Crippen LogP contribution is -2.45. The van der Waals surface area contributed by atoms with Gasteiger partial charge < -0.3 is 15.7 Å². The number of nitrogens with zero attached hydrogens (tertiary/aromatic N) is 3. The van der Waals surface area contributed by atoms with Crippen LogP contribution in [0.25, 0.3) is 0 Å². The molecule has 1 atom stereocenters. The molecule has 1 amide bonds. The topological polar surface area (TPSA) is 84.4 Å². The van der Waals surface area contributed by atoms with Gasteiger partial charge in [-0.2, -0.15) is 5.10 Å². The summed E-state index contributed by atoms with van der Waals surface area (Å²) in [6.07, 6.45) is 3.80. The number of rotatable bonds is 4. The van der Waals surface area contributed by atoms with E-state index in [1.54, 1.807) is 4.68 Å². The van der Waals surface area contributed by atoms with Crippen LogP contribution in [0.1, 0.15) is 37.1 Å². The Morgan fingerprint density at radius 2 is 2.20 bits per heavy atom. The van der Waals surface area contributed by atoms with Gasteiger partial charge in [0.1, 0.15) is 6.54 Å². The second kappa shape index (κ2) is 6.26. The fourth-order valence-corrected chi connectivity index (χ4v) is 2.86. The number of aryl methyl sites for hydroxylation is 1. The molecule has 3 N–H and O–H groups in total. The molecule has 0 bridgehead atoms. The first-order chi connectivity index (χ1) is 9.54. The van der Waals surface area contributed by atoms with E-state index in [1.165, 1.54) is 0 Å². The van der Waals surface area contributed by atoms with Gasteiger partial charge >= 0.3 is 0 Å². The molecule has 1 aliphatic rings. The van der Waals surface area contributed by atoms with Gasteiger partial charge in [0, 0.05) is 19.2 Å². The van der Waals surface area contributed by atoms with Crippen molar-refractivity contribution >= 4 is 11.6 Å². The van der Waals surface area contributed by atoms with E-state index in [1.807, 2.05) is 18.7 Å². The van der Waals surface area contributed by atoms with E-state index in [-0.39, 0.29) is 25.1 Å². The highest BCUT2D eigenvalue weighted by molar-refractivity contribution is 5.76. The molecule has 20 heavy (non-hydrogen) atoms. The molecule has 2 heterocycles. The molecule has 1 aromatic rings. The SMILES string of the molecule is Cc1nn(CC(=O)N2CCCCC2CCO)c(C)c1N. The number of likely N-dealkylation sites (tertiary alicyclic amines) is 1. The molecule has 0 aromatic carbocycles. The fraction of sp³-hybridized carbons (Fsp3) is 0.714. The molecule has 1 fully saturated rings. The van der Waals surface area contributed by atoms with Gasteiger partial charge in [0.25, 0.3) is 0 Å². The van der Waals surface area contributed by atoms with Gasteiger partial charge in [0.2, 0.25) is 5.91 Å². The third kappa shape index (κ3) is 2.95. The van der Waals surface area contributed by atoms with Gasteiger partial charge in [-0.3, -0.25) is 9.48 Å². The van der Waals surface area contributed by atoms with Crippen molar-refractivity contribution in [1.29, 1.82) is 0 Å². The van der Waals surface area contributed by atoms with Gasteiger partial charge in [0.05, 0.1) is 17.1 Å². The molecular weight excluding hydrogens is 256 g/mol. The van der Waals surface area contributed by atoms with E-state index < -0.39 is 0 Å². The minimum atomic E-state index is 0.0637. The molecule has 0 aliphatic carbocycles. The van der Waals surface area contributed by atoms with Crippen LogP contribution < -0.4 is 5.73 Å². The first kappa shape index (κ1) is 14.8. The van der Waals surface area contributed by atoms with Crippen molar-refractivity contribution in [3.8, 4) is 0 Å². The Balaban J connectivity index is 2.07. The maximum atomic E-state index is 12.5. The molecule has 0 saturated carbocycles. The predicted octanol–water partition coefficient (Wildman–Crippen LogP) is 0.846. The fourth-order valence-electron chi connectivity index (χ4n) is 2.86. The van der Waals surface area contributed by atoms with Gasteiger partial charge in [-0.1, -0.05) is 0 Å². The minimum absolute atomic E-state index is 0.0637. The normalized spacial score (nSPS) is 19.4. The summed E-state index contributed by atoms with van der Waals surface area (Å²) in [5.74, 6) is 0.0637. The van der Waals surface area contributed by atoms with E-state index in [0.29, 0.717) is 12.1 Å². The Hall–Kier alpha value is -1.56. The van der Waals surface area contributed by atoms with Crippen molar-refractivity contribution in [2.75, 3.05) is 18.9 Å². The standard InChI is InChI=1S/C14H24N4O2/c1-10-14(15)11(2)18(16-10)9-13(20)17-7-4-3-5-12(17)6-8-19/h12,19H,3-9,15H2,1-2H3. The summed E-state index contributed by atoms with van der Waals surface area (Å²) < 4.78 is 1.68. The van der Waals surface area contributed by atoms with Gasteiger partial charge in [-0.15, -0.1) is 0 Å². The number of nitrogens with two attached hydrogens (primary N) is 1. The van der Waals surface area contributed by atoms with Crippen LogP contribution in [0.4, 0.5) is 5.69 Å². The van der Waals surface area contributed by atoms with Crippen LogP contribution in [0.3, 0.4) is 0 Å². The van der Waals surface area contributed by atoms with Crippen LogP contribution in [0.5, 0.6) is 0 Å². The Kier molecular flexibility index (Phi) is 4.65. The third-order valence-corrected chi connectivity index (χ3v) is 4.13. The van der Waals surface area contributed by atoms with Crippen LogP contribution >= 0.6 is 0 Å². The summed E-state index contributed by atoms with van der Waals surface area (Å²) in [6, 6.07) is 0.163. The van der Waals surface area contributed by atoms with Crippen LogP contribution in [-0.2, 0) is 11.3 Å². The zero-order chi connectivity index (χ0) is 14.7. The van der Waals surface area contributed by atoms with Crippen LogP contribution in [0, 0.1) is 13.8 Å². The van der Waals surface area contributed by atoms with Gasteiger partial charge in [-0.25, -0.2) is 0 Å². The van der Waals surface area contributed by atoms with Crippen molar-refractivity contribution in [3.05, 3.63) is 11.4 Å². The number of aromatic nitrogens is 2. The summed E-state index contributed by atoms with van der Waals surface area (Å²) in [7, 11) is 0. The number of hydrogen-bond donors (Lipinski definition) is 2. The molecule has 1 aromatic heterocycles. The van der Waals surface area contributed by atoms with Crippen LogP contribution in [-0.4, -0.2) is 44.9 Å². The Morgan fingerprint density at radius 3 is 2.80 bits per heavy atom. The lowest BCUT2D eigenvalue weighted by molar-refractivity contribution is -0.136. The molecule has 0 radical (unpaired) electrons. The Bertz CT molecular complexity index is 482. The molecule has 1 aliphatic heterocycles. The lowest BCUT2D eigenvalue weighted by atomic mass is 9.99. The van der Waals surface area contributed by atoms with Crippen molar-refractivity contribution < 1.29 is 9.90 Å². The largest absolute Gasteiger partial charge is 0.396 e. The quantitative estimate of drug-likeness (QED) is 0.856. The van der Waals surface area contributed by atoms with Crippen LogP contribution in [0.15, 0.2) is 0 Å². The Morgan fingerprint density at radius 1 is 1.45 bits per heavy atom. The number of carbonyl (C=O) groups is 1. The summed E-state index contributed by atoms with van der Waals surface area (Å²) in [5, 5.41) is 13.4. The maximum Gasteiger partial charge on any atom is 0.244 e. The third-order valence-electron chi connectivity index (χ3n) is 4.13. The highest BCUT2D eigenvalue weighted by atomic mass is 16.3. The van der Waals surface area contributed by atoms with Crippen molar-refractivity contribution in [1.82, 2.24) is 14.7 Å². The Labute approximate surface area is 119 Å². The molecule has 1 saturated heterocycles. The maximum absolute atomic E-state index is 12.5. The van der Waals surface area contributed by atoms with E-state index in [9.17, 15) is 4.79 Å². The summed E-state index contributed by atoms with van der Waals surface area (Å²) >= 11 is 0. The average Bonchev–Trinajstić information content (AvgIpc) is 2.67. The highest BCUT2D eigenvalue weighted by Gasteiger charge is 2.26. The van der Waals surface area contributed by atoms with Gasteiger partial charge in [-0.05, 0) is 39.5 Å². The number of nitrogen functional groups attached to an aromatic ring is 1. The van der Waals surface area contributed by atoms with E-state index >= 15 is 0 Å². The number of anilines is 1. The summed E-state index contributed by atoms with van der Waals surface area (Å²) in [6.45, 7) is 4.86. The van der Waals surface area contributed by atoms with Crippen molar-refractivity contribution in [2.24, 2.45) is 0 Å². The lowest BCUT2D eigenvalue weighted by Gasteiger charge is -2.35. The van der Waals surface area contributed by atoms with E-state index in [2.05, 4.69) is 5.10 Å². The number of aliphatic hydroxyl groups is 1. The molecule has 112 valence electrons. The number of piperidine rings is 1. The monoisotopic (exact) mass is 280 g/mol. The number of hydrogen-bond acceptors (Lipinski definition) is 4. The number of carbonyl (C=O) groups excluding carboxylic acids is 1. The smallest absolute Gasteiger partial charge is 0.244 e. The van der Waals surface area contributed by atoms with E-state index in [0.717, 1.165) is 37.2 Å². The van der Waals surface area contributed by atoms with E-state index in [4.69, 9.17) is 10.8 Å². The molecule has 6 heteroatoms. The first-order valence-electron chi connectivity index (χ1n) is 7.24. The zero-order valence-electron chi connectivity index (χ0n) is 12.3. The van der Waals surface area contributed by atoms with Gasteiger partial charge in [0.15, 0.2) is 0 Å². The predicted molar refractivity (Wildman–Crippen MR) is 77.2 cm³/mol. The van der Waals surface area contributed by atoms with Crippen molar-refractivity contribution in [3.63, 3.8) is 0 Å². The van der Waals surface area contributed by atoms with Crippen molar-refractivity contribution in [2.45, 2.75) is 52.1 Å². The summed E-state index contributed by atoms with van der Waals surface area (Å²) in [4.78, 5) is 14.4.